The third kappa shape index (κ3) is 9.74. The molecule has 1 N–H and O–H groups in total. The number of aromatic nitrogens is 2. The van der Waals surface area contributed by atoms with E-state index in [1.54, 1.807) is 12.1 Å². The first-order valence-electron chi connectivity index (χ1n) is 14.9. The van der Waals surface area contributed by atoms with Crippen LogP contribution >= 0.6 is 0 Å². The Balaban J connectivity index is 0.000000189. The van der Waals surface area contributed by atoms with E-state index in [1.165, 1.54) is 57.2 Å². The molecule has 2 atom stereocenters. The molecule has 5 rings (SSSR count). The summed E-state index contributed by atoms with van der Waals surface area (Å²) in [7, 11) is 0. The predicted octanol–water partition coefficient (Wildman–Crippen LogP) is 6.42. The minimum Gasteiger partial charge on any atom is -0.480 e. The molecule has 226 valence electrons. The summed E-state index contributed by atoms with van der Waals surface area (Å²) < 4.78 is 50.3. The quantitative estimate of drug-likeness (QED) is 0.328. The van der Waals surface area contributed by atoms with Crippen molar-refractivity contribution in [2.75, 3.05) is 32.7 Å². The van der Waals surface area contributed by atoms with Crippen LogP contribution in [0.25, 0.3) is 0 Å². The Morgan fingerprint density at radius 2 is 1.76 bits per heavy atom. The Bertz CT molecular complexity index is 1100. The van der Waals surface area contributed by atoms with Crippen molar-refractivity contribution in [3.05, 3.63) is 59.4 Å². The zero-order chi connectivity index (χ0) is 29.4. The maximum Gasteiger partial charge on any atom is 0.451 e. The van der Waals surface area contributed by atoms with E-state index in [0.717, 1.165) is 68.8 Å². The van der Waals surface area contributed by atoms with Gasteiger partial charge in [-0.05, 0) is 106 Å². The number of nitrogens with zero attached hydrogens (tertiary/aromatic N) is 4. The number of hydrogen-bond acceptors (Lipinski definition) is 5. The highest BCUT2D eigenvalue weighted by molar-refractivity contribution is 5.73. The Morgan fingerprint density at radius 1 is 1.05 bits per heavy atom. The number of carboxylic acid groups (broad SMARTS) is 1. The fraction of sp³-hybridized carbons (Fsp3) is 0.645. The smallest absolute Gasteiger partial charge is 0.451 e. The third-order valence-corrected chi connectivity index (χ3v) is 8.71. The molecule has 1 aromatic heterocycles. The van der Waals surface area contributed by atoms with Gasteiger partial charge in [-0.15, -0.1) is 0 Å². The molecule has 1 aliphatic carbocycles. The molecular formula is C31H42F4N4O2. The van der Waals surface area contributed by atoms with Gasteiger partial charge in [0.1, 0.15) is 11.9 Å². The Hall–Kier alpha value is -2.59. The van der Waals surface area contributed by atoms with Gasteiger partial charge >= 0.3 is 12.1 Å². The van der Waals surface area contributed by atoms with E-state index in [0.29, 0.717) is 5.92 Å². The van der Waals surface area contributed by atoms with Gasteiger partial charge in [0.25, 0.3) is 0 Å². The first-order valence-corrected chi connectivity index (χ1v) is 14.9. The number of aryl methyl sites for hydroxylation is 1. The van der Waals surface area contributed by atoms with Gasteiger partial charge in [0.15, 0.2) is 0 Å². The van der Waals surface area contributed by atoms with E-state index >= 15 is 0 Å². The maximum absolute atomic E-state index is 13.3. The molecule has 3 aliphatic rings. The van der Waals surface area contributed by atoms with Gasteiger partial charge in [-0.2, -0.15) is 13.2 Å². The zero-order valence-electron chi connectivity index (χ0n) is 23.8. The van der Waals surface area contributed by atoms with Gasteiger partial charge < -0.3 is 10.0 Å². The van der Waals surface area contributed by atoms with Gasteiger partial charge in [-0.25, -0.2) is 14.4 Å². The highest BCUT2D eigenvalue weighted by Gasteiger charge is 2.37. The van der Waals surface area contributed by atoms with Crippen LogP contribution in [-0.4, -0.2) is 69.6 Å². The van der Waals surface area contributed by atoms with E-state index in [4.69, 9.17) is 0 Å². The van der Waals surface area contributed by atoms with Crippen molar-refractivity contribution >= 4 is 5.97 Å². The van der Waals surface area contributed by atoms with Crippen LogP contribution in [0.15, 0.2) is 36.7 Å². The number of alkyl halides is 3. The van der Waals surface area contributed by atoms with Gasteiger partial charge in [-0.1, -0.05) is 38.3 Å². The fourth-order valence-electron chi connectivity index (χ4n) is 5.99. The number of rotatable bonds is 10. The van der Waals surface area contributed by atoms with Gasteiger partial charge in [-0.3, -0.25) is 9.69 Å². The summed E-state index contributed by atoms with van der Waals surface area (Å²) in [5, 5.41) is 9.41. The summed E-state index contributed by atoms with van der Waals surface area (Å²) in [5.74, 6) is -0.372. The molecule has 41 heavy (non-hydrogen) atoms. The monoisotopic (exact) mass is 578 g/mol. The molecule has 2 unspecified atom stereocenters. The van der Waals surface area contributed by atoms with E-state index in [9.17, 15) is 27.5 Å². The van der Waals surface area contributed by atoms with Crippen molar-refractivity contribution in [3.8, 4) is 0 Å². The lowest BCUT2D eigenvalue weighted by molar-refractivity contribution is -0.145. The van der Waals surface area contributed by atoms with Crippen molar-refractivity contribution in [1.29, 1.82) is 0 Å². The predicted molar refractivity (Wildman–Crippen MR) is 149 cm³/mol. The summed E-state index contributed by atoms with van der Waals surface area (Å²) in [5.41, 5.74) is 1.78. The molecule has 2 aromatic rings. The summed E-state index contributed by atoms with van der Waals surface area (Å²) >= 11 is 0. The van der Waals surface area contributed by atoms with Crippen molar-refractivity contribution in [2.45, 2.75) is 82.8 Å². The summed E-state index contributed by atoms with van der Waals surface area (Å²) in [6.07, 6.45) is 7.53. The largest absolute Gasteiger partial charge is 0.480 e. The normalized spacial score (nSPS) is 21.3. The van der Waals surface area contributed by atoms with Crippen molar-refractivity contribution < 1.29 is 27.5 Å². The SMILES string of the molecule is CCN1CCC(CCCc2cnc(C(F)(F)F)nc2)CC1.O=C(O)C(CC1CC1)N1CCC(c2cccc(F)c2)C1. The van der Waals surface area contributed by atoms with Crippen LogP contribution in [0.3, 0.4) is 0 Å². The molecule has 10 heteroatoms. The lowest BCUT2D eigenvalue weighted by Gasteiger charge is -2.31. The minimum absolute atomic E-state index is 0.214. The molecule has 2 aliphatic heterocycles. The highest BCUT2D eigenvalue weighted by Crippen LogP contribution is 2.37. The van der Waals surface area contributed by atoms with E-state index in [2.05, 4.69) is 26.7 Å². The van der Waals surface area contributed by atoms with Crippen LogP contribution in [0.2, 0.25) is 0 Å². The molecule has 3 heterocycles. The average molecular weight is 579 g/mol. The summed E-state index contributed by atoms with van der Waals surface area (Å²) in [6.45, 7) is 7.17. The summed E-state index contributed by atoms with van der Waals surface area (Å²) in [4.78, 5) is 22.8. The van der Waals surface area contributed by atoms with E-state index in [1.807, 2.05) is 6.07 Å². The lowest BCUT2D eigenvalue weighted by Crippen LogP contribution is -2.40. The Labute approximate surface area is 240 Å². The second-order valence-electron chi connectivity index (χ2n) is 11.8. The number of hydrogen-bond donors (Lipinski definition) is 1. The number of likely N-dealkylation sites (tertiary alicyclic amines) is 2. The number of benzene rings is 1. The van der Waals surface area contributed by atoms with Crippen molar-refractivity contribution in [1.82, 2.24) is 19.8 Å². The molecule has 1 aromatic carbocycles. The Morgan fingerprint density at radius 3 is 2.34 bits per heavy atom. The highest BCUT2D eigenvalue weighted by atomic mass is 19.4. The lowest BCUT2D eigenvalue weighted by atomic mass is 9.91. The molecule has 6 nitrogen and oxygen atoms in total. The molecule has 0 radical (unpaired) electrons. The van der Waals surface area contributed by atoms with Crippen LogP contribution in [0.4, 0.5) is 17.6 Å². The van der Waals surface area contributed by atoms with Gasteiger partial charge in [0.05, 0.1) is 0 Å². The first-order chi connectivity index (χ1) is 19.6. The Kier molecular flexibility index (Phi) is 11.1. The van der Waals surface area contributed by atoms with Crippen molar-refractivity contribution in [2.24, 2.45) is 11.8 Å². The number of aliphatic carboxylic acids is 1. The van der Waals surface area contributed by atoms with E-state index < -0.39 is 18.0 Å². The minimum atomic E-state index is -4.45. The van der Waals surface area contributed by atoms with Crippen LogP contribution in [0.1, 0.15) is 81.2 Å². The van der Waals surface area contributed by atoms with Crippen LogP contribution < -0.4 is 0 Å². The number of carbonyl (C=O) groups is 1. The van der Waals surface area contributed by atoms with Crippen molar-refractivity contribution in [3.63, 3.8) is 0 Å². The average Bonchev–Trinajstić information content (AvgIpc) is 3.65. The number of carboxylic acids is 1. The molecule has 0 amide bonds. The van der Waals surface area contributed by atoms with Crippen LogP contribution in [0, 0.1) is 17.7 Å². The summed E-state index contributed by atoms with van der Waals surface area (Å²) in [6, 6.07) is 6.33. The standard InChI is InChI=1S/C16H20FNO2.C15H22F3N3/c17-14-3-1-2-12(9-14)13-6-7-18(10-13)15(16(19)20)8-11-4-5-11;1-2-21-8-6-12(7-9-21)4-3-5-13-10-19-14(20-11-13)15(16,17)18/h1-3,9,11,13,15H,4-8,10H2,(H,19,20);10-12H,2-9H2,1H3. The topological polar surface area (TPSA) is 69.6 Å². The van der Waals surface area contributed by atoms with Gasteiger partial charge in [0.2, 0.25) is 5.82 Å². The van der Waals surface area contributed by atoms with Crippen LogP contribution in [0.5, 0.6) is 0 Å². The van der Waals surface area contributed by atoms with Crippen LogP contribution in [-0.2, 0) is 17.4 Å². The molecule has 0 spiro atoms. The molecular weight excluding hydrogens is 536 g/mol. The number of piperidine rings is 1. The maximum atomic E-state index is 13.3. The molecule has 2 saturated heterocycles. The number of halogens is 4. The third-order valence-electron chi connectivity index (χ3n) is 8.71. The molecule has 0 bridgehead atoms. The van der Waals surface area contributed by atoms with Gasteiger partial charge in [0, 0.05) is 18.9 Å². The molecule has 1 saturated carbocycles. The fourth-order valence-corrected chi connectivity index (χ4v) is 5.99. The second-order valence-corrected chi connectivity index (χ2v) is 11.8. The zero-order valence-corrected chi connectivity index (χ0v) is 23.8. The second kappa shape index (κ2) is 14.5. The first kappa shape index (κ1) is 31.3. The molecule has 3 fully saturated rings. The van der Waals surface area contributed by atoms with E-state index in [-0.39, 0.29) is 17.8 Å².